The smallest absolute Gasteiger partial charge is 0.356 e. The molecule has 0 radical (unpaired) electrons. The van der Waals surface area contributed by atoms with Gasteiger partial charge in [-0.25, -0.2) is 9.78 Å². The molecule has 0 saturated carbocycles. The Morgan fingerprint density at radius 2 is 2.13 bits per heavy atom. The van der Waals surface area contributed by atoms with Gasteiger partial charge in [0.05, 0.1) is 18.5 Å². The normalized spacial score (nSPS) is 14.6. The molecule has 0 amide bonds. The third-order valence-corrected chi connectivity index (χ3v) is 3.02. The van der Waals surface area contributed by atoms with E-state index in [1.165, 1.54) is 24.2 Å². The van der Waals surface area contributed by atoms with Crippen molar-refractivity contribution in [2.24, 2.45) is 0 Å². The van der Waals surface area contributed by atoms with Crippen molar-refractivity contribution in [3.8, 4) is 0 Å². The minimum Gasteiger partial charge on any atom is -0.476 e. The van der Waals surface area contributed by atoms with E-state index >= 15 is 0 Å². The number of hydrogen-bond donors (Lipinski definition) is 2. The van der Waals surface area contributed by atoms with Gasteiger partial charge in [-0.15, -0.1) is 0 Å². The van der Waals surface area contributed by atoms with Crippen LogP contribution in [0.25, 0.3) is 0 Å². The highest BCUT2D eigenvalue weighted by Crippen LogP contribution is 2.22. The molecule has 2 N–H and O–H groups in total. The third kappa shape index (κ3) is 3.49. The van der Waals surface area contributed by atoms with Crippen molar-refractivity contribution < 1.29 is 15.0 Å². The number of aliphatic hydroxyl groups excluding tert-OH is 1. The van der Waals surface area contributed by atoms with E-state index in [-0.39, 0.29) is 10.9 Å². The van der Waals surface area contributed by atoms with Crippen LogP contribution < -0.4 is 0 Å². The highest BCUT2D eigenvalue weighted by Gasteiger charge is 2.13. The van der Waals surface area contributed by atoms with Crippen molar-refractivity contribution in [2.45, 2.75) is 30.2 Å². The summed E-state index contributed by atoms with van der Waals surface area (Å²) in [6, 6.07) is 0. The lowest BCUT2D eigenvalue weighted by Gasteiger charge is -2.12. The number of rotatable bonds is 4. The highest BCUT2D eigenvalue weighted by atomic mass is 32.2. The van der Waals surface area contributed by atoms with Gasteiger partial charge in [0.25, 0.3) is 0 Å². The Morgan fingerprint density at radius 3 is 2.67 bits per heavy atom. The van der Waals surface area contributed by atoms with E-state index in [4.69, 9.17) is 5.11 Å². The molecule has 5 nitrogen and oxygen atoms in total. The third-order valence-electron chi connectivity index (χ3n) is 1.82. The van der Waals surface area contributed by atoms with Crippen molar-refractivity contribution in [2.75, 3.05) is 0 Å². The number of aromatic carboxylic acids is 1. The summed E-state index contributed by atoms with van der Waals surface area (Å²) in [6.45, 7) is 3.51. The second-order valence-electron chi connectivity index (χ2n) is 3.11. The van der Waals surface area contributed by atoms with Gasteiger partial charge in [-0.05, 0) is 6.92 Å². The van der Waals surface area contributed by atoms with Gasteiger partial charge in [0, 0.05) is 5.25 Å². The molecule has 1 aromatic heterocycles. The molecule has 0 spiro atoms. The molecule has 0 aliphatic rings. The maximum Gasteiger partial charge on any atom is 0.356 e. The van der Waals surface area contributed by atoms with Gasteiger partial charge < -0.3 is 10.2 Å². The molecule has 2 atom stereocenters. The van der Waals surface area contributed by atoms with Crippen LogP contribution in [0.5, 0.6) is 0 Å². The number of hydrogen-bond acceptors (Lipinski definition) is 5. The zero-order valence-electron chi connectivity index (χ0n) is 8.41. The zero-order chi connectivity index (χ0) is 11.4. The van der Waals surface area contributed by atoms with Crippen LogP contribution in [0.1, 0.15) is 24.3 Å². The molecule has 6 heteroatoms. The maximum atomic E-state index is 10.6. The average molecular weight is 228 g/mol. The summed E-state index contributed by atoms with van der Waals surface area (Å²) in [6.07, 6.45) is 2.19. The topological polar surface area (TPSA) is 83.3 Å². The van der Waals surface area contributed by atoms with Gasteiger partial charge in [-0.3, -0.25) is 4.98 Å². The molecule has 82 valence electrons. The molecule has 0 fully saturated rings. The first kappa shape index (κ1) is 11.9. The Labute approximate surface area is 91.6 Å². The second kappa shape index (κ2) is 5.09. The molecule has 1 aromatic rings. The number of aliphatic hydroxyl groups is 1. The lowest BCUT2D eigenvalue weighted by Crippen LogP contribution is -2.15. The molecule has 1 rings (SSSR count). The predicted octanol–water partition coefficient (Wildman–Crippen LogP) is 1.04. The zero-order valence-corrected chi connectivity index (χ0v) is 9.23. The van der Waals surface area contributed by atoms with Crippen LogP contribution in [0.15, 0.2) is 17.4 Å². The van der Waals surface area contributed by atoms with Crippen LogP contribution in [0.3, 0.4) is 0 Å². The van der Waals surface area contributed by atoms with Crippen molar-refractivity contribution in [3.63, 3.8) is 0 Å². The Hall–Kier alpha value is -1.14. The summed E-state index contributed by atoms with van der Waals surface area (Å²) >= 11 is 1.30. The standard InChI is InChI=1S/C9H12N2O3S/c1-5(12)6(2)15-8-4-10-3-7(11-8)9(13)14/h3-6,12H,1-2H3,(H,13,14). The first-order chi connectivity index (χ1) is 7.00. The molecule has 15 heavy (non-hydrogen) atoms. The van der Waals surface area contributed by atoms with Gasteiger partial charge in [0.15, 0.2) is 5.69 Å². The fourth-order valence-corrected chi connectivity index (χ4v) is 1.65. The number of carboxylic acids is 1. The Kier molecular flexibility index (Phi) is 4.05. The van der Waals surface area contributed by atoms with Crippen molar-refractivity contribution in [1.29, 1.82) is 0 Å². The summed E-state index contributed by atoms with van der Waals surface area (Å²) in [5.74, 6) is -1.10. The molecular weight excluding hydrogens is 216 g/mol. The first-order valence-electron chi connectivity index (χ1n) is 4.40. The van der Waals surface area contributed by atoms with Crippen molar-refractivity contribution in [3.05, 3.63) is 18.1 Å². The number of nitrogens with zero attached hydrogens (tertiary/aromatic N) is 2. The van der Waals surface area contributed by atoms with Gasteiger partial charge >= 0.3 is 5.97 Å². The second-order valence-corrected chi connectivity index (χ2v) is 4.51. The van der Waals surface area contributed by atoms with Gasteiger partial charge in [-0.1, -0.05) is 18.7 Å². The number of aromatic nitrogens is 2. The Bertz CT molecular complexity index is 357. The molecule has 0 aliphatic carbocycles. The summed E-state index contributed by atoms with van der Waals surface area (Å²) in [5, 5.41) is 18.4. The molecule has 0 aliphatic heterocycles. The number of carbonyl (C=O) groups is 1. The average Bonchev–Trinajstić information content (AvgIpc) is 2.18. The van der Waals surface area contributed by atoms with Crippen LogP contribution in [0, 0.1) is 0 Å². The van der Waals surface area contributed by atoms with E-state index in [9.17, 15) is 9.90 Å². The minimum atomic E-state index is -1.10. The van der Waals surface area contributed by atoms with Crippen LogP contribution in [-0.4, -0.2) is 37.5 Å². The lowest BCUT2D eigenvalue weighted by atomic mass is 10.3. The van der Waals surface area contributed by atoms with E-state index in [0.29, 0.717) is 5.03 Å². The summed E-state index contributed by atoms with van der Waals surface area (Å²) in [7, 11) is 0. The molecule has 0 aromatic carbocycles. The van der Waals surface area contributed by atoms with Gasteiger partial charge in [0.2, 0.25) is 0 Å². The molecule has 0 saturated heterocycles. The van der Waals surface area contributed by atoms with E-state index in [2.05, 4.69) is 9.97 Å². The first-order valence-corrected chi connectivity index (χ1v) is 5.28. The minimum absolute atomic E-state index is 0.0525. The van der Waals surface area contributed by atoms with Crippen molar-refractivity contribution >= 4 is 17.7 Å². The van der Waals surface area contributed by atoms with Gasteiger partial charge in [-0.2, -0.15) is 0 Å². The van der Waals surface area contributed by atoms with E-state index < -0.39 is 12.1 Å². The fourth-order valence-electron chi connectivity index (χ4n) is 0.797. The van der Waals surface area contributed by atoms with Crippen LogP contribution in [0.4, 0.5) is 0 Å². The SMILES string of the molecule is CC(O)C(C)Sc1cncc(C(=O)O)n1. The van der Waals surface area contributed by atoms with Crippen LogP contribution in [-0.2, 0) is 0 Å². The van der Waals surface area contributed by atoms with E-state index in [1.54, 1.807) is 6.92 Å². The largest absolute Gasteiger partial charge is 0.476 e. The highest BCUT2D eigenvalue weighted by molar-refractivity contribution is 7.99. The maximum absolute atomic E-state index is 10.6. The van der Waals surface area contributed by atoms with E-state index in [1.807, 2.05) is 6.92 Å². The monoisotopic (exact) mass is 228 g/mol. The molecule has 2 unspecified atom stereocenters. The molecule has 0 bridgehead atoms. The summed E-state index contributed by atoms with van der Waals surface area (Å²) < 4.78 is 0. The number of carboxylic acid groups (broad SMARTS) is 1. The Balaban J connectivity index is 2.78. The number of thioether (sulfide) groups is 1. The molecule has 1 heterocycles. The van der Waals surface area contributed by atoms with E-state index in [0.717, 1.165) is 0 Å². The quantitative estimate of drug-likeness (QED) is 0.749. The lowest BCUT2D eigenvalue weighted by molar-refractivity contribution is 0.0689. The fraction of sp³-hybridized carbons (Fsp3) is 0.444. The van der Waals surface area contributed by atoms with Crippen LogP contribution >= 0.6 is 11.8 Å². The molecular formula is C9H12N2O3S. The summed E-state index contributed by atoms with van der Waals surface area (Å²) in [4.78, 5) is 18.3. The van der Waals surface area contributed by atoms with Gasteiger partial charge in [0.1, 0.15) is 5.03 Å². The van der Waals surface area contributed by atoms with Crippen molar-refractivity contribution in [1.82, 2.24) is 9.97 Å². The summed E-state index contributed by atoms with van der Waals surface area (Å²) in [5.41, 5.74) is -0.0854. The predicted molar refractivity (Wildman–Crippen MR) is 56.0 cm³/mol. The Morgan fingerprint density at radius 1 is 1.47 bits per heavy atom. The van der Waals surface area contributed by atoms with Crippen LogP contribution in [0.2, 0.25) is 0 Å².